The van der Waals surface area contributed by atoms with Gasteiger partial charge in [0.05, 0.1) is 0 Å². The molecule has 0 aromatic heterocycles. The van der Waals surface area contributed by atoms with E-state index in [0.717, 1.165) is 48.3 Å². The van der Waals surface area contributed by atoms with Crippen molar-refractivity contribution in [1.82, 2.24) is 0 Å². The van der Waals surface area contributed by atoms with Crippen LogP contribution < -0.4 is 0 Å². The van der Waals surface area contributed by atoms with Gasteiger partial charge in [0.1, 0.15) is 6.10 Å². The van der Waals surface area contributed by atoms with Gasteiger partial charge in [-0.25, -0.2) is 0 Å². The van der Waals surface area contributed by atoms with Crippen LogP contribution in [0.25, 0.3) is 0 Å². The fourth-order valence-corrected chi connectivity index (χ4v) is 9.32. The monoisotopic (exact) mass is 470 g/mol. The summed E-state index contributed by atoms with van der Waals surface area (Å²) < 4.78 is 5.93. The molecule has 4 aliphatic carbocycles. The van der Waals surface area contributed by atoms with E-state index >= 15 is 0 Å². The topological polar surface area (TPSA) is 26.3 Å². The van der Waals surface area contributed by atoms with Crippen LogP contribution in [0.5, 0.6) is 0 Å². The summed E-state index contributed by atoms with van der Waals surface area (Å²) in [4.78, 5) is 12.3. The van der Waals surface area contributed by atoms with Crippen molar-refractivity contribution in [3.05, 3.63) is 11.6 Å². The third-order valence-electron chi connectivity index (χ3n) is 11.1. The summed E-state index contributed by atoms with van der Waals surface area (Å²) in [5, 5.41) is 0. The average Bonchev–Trinajstić information content (AvgIpc) is 3.10. The molecule has 0 amide bonds. The van der Waals surface area contributed by atoms with E-state index in [-0.39, 0.29) is 12.1 Å². The highest BCUT2D eigenvalue weighted by Gasteiger charge is 2.59. The molecule has 0 radical (unpaired) electrons. The Hall–Kier alpha value is -0.790. The van der Waals surface area contributed by atoms with Crippen molar-refractivity contribution in [3.8, 4) is 0 Å². The maximum Gasteiger partial charge on any atom is 0.306 e. The summed E-state index contributed by atoms with van der Waals surface area (Å²) in [6.45, 7) is 16.8. The molecule has 0 heterocycles. The second-order valence-electron chi connectivity index (χ2n) is 14.2. The Morgan fingerprint density at radius 1 is 0.971 bits per heavy atom. The second-order valence-corrected chi connectivity index (χ2v) is 14.2. The van der Waals surface area contributed by atoms with E-state index in [9.17, 15) is 4.79 Å². The molecule has 34 heavy (non-hydrogen) atoms. The first-order valence-corrected chi connectivity index (χ1v) is 14.9. The summed E-state index contributed by atoms with van der Waals surface area (Å²) in [6.07, 6.45) is 17.8. The van der Waals surface area contributed by atoms with E-state index in [1.165, 1.54) is 57.8 Å². The van der Waals surface area contributed by atoms with Gasteiger partial charge in [0.25, 0.3) is 0 Å². The molecule has 0 N–H and O–H groups in total. The average molecular weight is 471 g/mol. The van der Waals surface area contributed by atoms with Crippen LogP contribution >= 0.6 is 0 Å². The first-order chi connectivity index (χ1) is 16.0. The van der Waals surface area contributed by atoms with Crippen molar-refractivity contribution < 1.29 is 9.53 Å². The van der Waals surface area contributed by atoms with Crippen molar-refractivity contribution in [1.29, 1.82) is 0 Å². The molecule has 0 bridgehead atoms. The molecule has 2 heteroatoms. The van der Waals surface area contributed by atoms with Gasteiger partial charge in [-0.3, -0.25) is 4.79 Å². The fraction of sp³-hybridized carbons (Fsp3) is 0.906. The normalized spacial score (nSPS) is 40.4. The molecule has 0 aliphatic heterocycles. The number of carbonyl (C=O) groups is 1. The lowest BCUT2D eigenvalue weighted by atomic mass is 9.47. The summed E-state index contributed by atoms with van der Waals surface area (Å²) in [5.74, 6) is 5.67. The summed E-state index contributed by atoms with van der Waals surface area (Å²) in [7, 11) is 0. The highest BCUT2D eigenvalue weighted by Crippen LogP contribution is 2.67. The van der Waals surface area contributed by atoms with Crippen LogP contribution in [-0.4, -0.2) is 12.1 Å². The molecule has 194 valence electrons. The molecule has 4 aliphatic rings. The molecular weight excluding hydrogens is 416 g/mol. The van der Waals surface area contributed by atoms with Crippen molar-refractivity contribution in [2.75, 3.05) is 0 Å². The van der Waals surface area contributed by atoms with Crippen molar-refractivity contribution >= 4 is 5.97 Å². The number of rotatable bonds is 8. The Bertz CT molecular complexity index is 750. The molecule has 0 aromatic rings. The largest absolute Gasteiger partial charge is 0.462 e. The van der Waals surface area contributed by atoms with E-state index in [1.54, 1.807) is 5.57 Å². The highest BCUT2D eigenvalue weighted by molar-refractivity contribution is 5.69. The molecule has 3 saturated carbocycles. The van der Waals surface area contributed by atoms with Crippen LogP contribution in [0.4, 0.5) is 0 Å². The molecule has 0 aromatic carbocycles. The van der Waals surface area contributed by atoms with Gasteiger partial charge in [-0.15, -0.1) is 0 Å². The number of fused-ring (bicyclic) bond motifs is 5. The van der Waals surface area contributed by atoms with Crippen LogP contribution in [0.2, 0.25) is 0 Å². The maximum absolute atomic E-state index is 12.3. The second kappa shape index (κ2) is 10.3. The van der Waals surface area contributed by atoms with Gasteiger partial charge >= 0.3 is 5.97 Å². The van der Waals surface area contributed by atoms with Crippen LogP contribution in [0.3, 0.4) is 0 Å². The molecule has 3 fully saturated rings. The first kappa shape index (κ1) is 26.3. The van der Waals surface area contributed by atoms with E-state index in [2.05, 4.69) is 54.5 Å². The summed E-state index contributed by atoms with van der Waals surface area (Å²) in [5.41, 5.74) is 2.53. The van der Waals surface area contributed by atoms with E-state index in [1.807, 2.05) is 0 Å². The number of ether oxygens (including phenoxy) is 1. The minimum absolute atomic E-state index is 0.00540. The molecule has 0 spiro atoms. The van der Waals surface area contributed by atoms with Crippen LogP contribution in [0.15, 0.2) is 11.6 Å². The Balaban J connectivity index is 1.42. The van der Waals surface area contributed by atoms with Gasteiger partial charge in [0.15, 0.2) is 0 Å². The first-order valence-electron chi connectivity index (χ1n) is 14.9. The van der Waals surface area contributed by atoms with E-state index in [4.69, 9.17) is 4.74 Å². The van der Waals surface area contributed by atoms with Crippen LogP contribution in [0.1, 0.15) is 126 Å². The smallest absolute Gasteiger partial charge is 0.306 e. The highest BCUT2D eigenvalue weighted by atomic mass is 16.5. The molecule has 8 atom stereocenters. The standard InChI is InChI=1S/C32H54O2/c1-21(2)9-8-10-23(5)27-13-14-28-26-12-11-24-20-25(34-30(33)19-22(3)4)15-17-31(24,6)29(26)16-18-32(27,28)7/h11,21-23,25-29H,8-10,12-20H2,1-7H3/t23-,25+,26+,27-,28+,29+,31+,32-/m1/s1. The van der Waals surface area contributed by atoms with Gasteiger partial charge in [0.2, 0.25) is 0 Å². The lowest BCUT2D eigenvalue weighted by molar-refractivity contribution is -0.152. The fourth-order valence-electron chi connectivity index (χ4n) is 9.32. The Morgan fingerprint density at radius 2 is 1.74 bits per heavy atom. The zero-order chi connectivity index (χ0) is 24.7. The molecule has 0 saturated heterocycles. The van der Waals surface area contributed by atoms with Crippen molar-refractivity contribution in [2.24, 2.45) is 52.3 Å². The maximum atomic E-state index is 12.3. The van der Waals surface area contributed by atoms with Crippen LogP contribution in [-0.2, 0) is 9.53 Å². The van der Waals surface area contributed by atoms with Gasteiger partial charge in [-0.1, -0.05) is 79.4 Å². The number of hydrogen-bond acceptors (Lipinski definition) is 2. The Morgan fingerprint density at radius 3 is 2.44 bits per heavy atom. The van der Waals surface area contributed by atoms with Crippen molar-refractivity contribution in [3.63, 3.8) is 0 Å². The lowest BCUT2D eigenvalue weighted by Crippen LogP contribution is -2.51. The summed E-state index contributed by atoms with van der Waals surface area (Å²) in [6, 6.07) is 0. The van der Waals surface area contributed by atoms with Crippen LogP contribution in [0, 0.1) is 52.3 Å². The Kier molecular flexibility index (Phi) is 7.96. The van der Waals surface area contributed by atoms with Gasteiger partial charge in [-0.2, -0.15) is 0 Å². The van der Waals surface area contributed by atoms with Crippen molar-refractivity contribution in [2.45, 2.75) is 132 Å². The number of hydrogen-bond donors (Lipinski definition) is 0. The van der Waals surface area contributed by atoms with Gasteiger partial charge in [0, 0.05) is 12.8 Å². The minimum atomic E-state index is 0.00540. The number of carbonyl (C=O) groups excluding carboxylic acids is 1. The predicted octanol–water partition coefficient (Wildman–Crippen LogP) is 8.99. The zero-order valence-corrected chi connectivity index (χ0v) is 23.5. The number of allylic oxidation sites excluding steroid dienone is 1. The third-order valence-corrected chi connectivity index (χ3v) is 11.1. The lowest BCUT2D eigenvalue weighted by Gasteiger charge is -2.58. The molecular formula is C32H54O2. The predicted molar refractivity (Wildman–Crippen MR) is 142 cm³/mol. The van der Waals surface area contributed by atoms with E-state index in [0.29, 0.717) is 23.2 Å². The van der Waals surface area contributed by atoms with Gasteiger partial charge in [-0.05, 0) is 97.2 Å². The minimum Gasteiger partial charge on any atom is -0.462 e. The SMILES string of the molecule is CC(C)CCC[C@@H](C)[C@H]1CC[C@H]2[C@@H]3CC=C4C[C@@H](OC(=O)CC(C)C)CC[C@]4(C)[C@H]3CC[C@]12C. The van der Waals surface area contributed by atoms with Gasteiger partial charge < -0.3 is 4.74 Å². The van der Waals surface area contributed by atoms with E-state index < -0.39 is 0 Å². The Labute approximate surface area is 211 Å². The molecule has 4 rings (SSSR count). The third kappa shape index (κ3) is 5.04. The quantitative estimate of drug-likeness (QED) is 0.261. The summed E-state index contributed by atoms with van der Waals surface area (Å²) >= 11 is 0. The molecule has 0 unspecified atom stereocenters. The number of esters is 1. The molecule has 2 nitrogen and oxygen atoms in total. The zero-order valence-electron chi connectivity index (χ0n) is 23.5.